The van der Waals surface area contributed by atoms with Gasteiger partial charge in [0.15, 0.2) is 5.78 Å². The maximum Gasteiger partial charge on any atom is 0.166 e. The molecule has 0 heterocycles. The van der Waals surface area contributed by atoms with Crippen LogP contribution in [-0.4, -0.2) is 5.78 Å². The lowest BCUT2D eigenvalue weighted by Gasteiger charge is -1.80. The number of carbonyl (C=O) groups excluding carboxylic acids is 1. The van der Waals surface area contributed by atoms with Crippen molar-refractivity contribution < 1.29 is 4.79 Å². The molecule has 1 aliphatic carbocycles. The number of Topliss-reactive ketones (excluding diaryl/α,β-unsaturated/α-hetero) is 1. The molecule has 0 unspecified atom stereocenters. The largest absolute Gasteiger partial charge is 0.294 e. The zero-order valence-electron chi connectivity index (χ0n) is 3.98. The molecule has 36 valence electrons. The Balaban J connectivity index is 2.81. The summed E-state index contributed by atoms with van der Waals surface area (Å²) >= 11 is 0. The molecule has 1 heteroatoms. The van der Waals surface area contributed by atoms with E-state index < -0.39 is 0 Å². The van der Waals surface area contributed by atoms with Gasteiger partial charge in [-0.2, -0.15) is 0 Å². The van der Waals surface area contributed by atoms with Gasteiger partial charge < -0.3 is 0 Å². The van der Waals surface area contributed by atoms with Gasteiger partial charge in [-0.15, -0.1) is 0 Å². The summed E-state index contributed by atoms with van der Waals surface area (Å²) in [5.74, 6) is 0.153. The van der Waals surface area contributed by atoms with Crippen molar-refractivity contribution in [2.75, 3.05) is 0 Å². The second kappa shape index (κ2) is 1.34. The summed E-state index contributed by atoms with van der Waals surface area (Å²) in [6.45, 7) is 3.50. The molecule has 1 rings (SSSR count). The van der Waals surface area contributed by atoms with Crippen molar-refractivity contribution in [3.63, 3.8) is 0 Å². The van der Waals surface area contributed by atoms with Gasteiger partial charge in [-0.1, -0.05) is 18.7 Å². The van der Waals surface area contributed by atoms with E-state index >= 15 is 0 Å². The van der Waals surface area contributed by atoms with E-state index in [1.165, 1.54) is 0 Å². The number of hydrogen-bond donors (Lipinski definition) is 0. The number of carbonyl (C=O) groups is 1. The first-order valence-electron chi connectivity index (χ1n) is 2.19. The van der Waals surface area contributed by atoms with E-state index in [2.05, 4.69) is 6.58 Å². The van der Waals surface area contributed by atoms with Crippen LogP contribution < -0.4 is 0 Å². The molecule has 0 aromatic heterocycles. The summed E-state index contributed by atoms with van der Waals surface area (Å²) in [4.78, 5) is 10.4. The molecule has 0 fully saturated rings. The van der Waals surface area contributed by atoms with Gasteiger partial charge in [0.2, 0.25) is 0 Å². The van der Waals surface area contributed by atoms with E-state index in [1.807, 2.05) is 6.08 Å². The van der Waals surface area contributed by atoms with Gasteiger partial charge in [0.1, 0.15) is 0 Å². The first-order chi connectivity index (χ1) is 3.30. The van der Waals surface area contributed by atoms with Crippen molar-refractivity contribution in [2.45, 2.75) is 6.42 Å². The summed E-state index contributed by atoms with van der Waals surface area (Å²) in [6, 6.07) is 0. The van der Waals surface area contributed by atoms with Crippen LogP contribution in [0.15, 0.2) is 24.3 Å². The van der Waals surface area contributed by atoms with Crippen LogP contribution in [0, 0.1) is 0 Å². The van der Waals surface area contributed by atoms with Gasteiger partial charge in [-0.05, 0) is 0 Å². The topological polar surface area (TPSA) is 17.1 Å². The van der Waals surface area contributed by atoms with Crippen LogP contribution in [0.2, 0.25) is 0 Å². The summed E-state index contributed by atoms with van der Waals surface area (Å²) in [5, 5.41) is 0. The minimum Gasteiger partial charge on any atom is -0.294 e. The Labute approximate surface area is 42.3 Å². The predicted molar refractivity (Wildman–Crippen MR) is 27.9 cm³/mol. The smallest absolute Gasteiger partial charge is 0.166 e. The molecule has 0 radical (unpaired) electrons. The fourth-order valence-corrected chi connectivity index (χ4v) is 0.532. The Morgan fingerprint density at radius 1 is 1.71 bits per heavy atom. The summed E-state index contributed by atoms with van der Waals surface area (Å²) in [7, 11) is 0. The average Bonchev–Trinajstić information content (AvgIpc) is 1.91. The van der Waals surface area contributed by atoms with Gasteiger partial charge in [-0.3, -0.25) is 4.79 Å². The highest BCUT2D eigenvalue weighted by Crippen LogP contribution is 2.07. The van der Waals surface area contributed by atoms with Crippen molar-refractivity contribution >= 4 is 5.78 Å². The molecule has 0 atom stereocenters. The van der Waals surface area contributed by atoms with Gasteiger partial charge >= 0.3 is 0 Å². The highest BCUT2D eigenvalue weighted by molar-refractivity contribution is 6.00. The molecule has 0 aromatic rings. The van der Waals surface area contributed by atoms with Crippen molar-refractivity contribution in [2.24, 2.45) is 0 Å². The normalized spacial score (nSPS) is 18.9. The first kappa shape index (κ1) is 4.31. The molecule has 0 spiro atoms. The lowest BCUT2D eigenvalue weighted by atomic mass is 10.2. The van der Waals surface area contributed by atoms with E-state index in [0.717, 1.165) is 0 Å². The molecule has 0 saturated carbocycles. The van der Waals surface area contributed by atoms with Crippen LogP contribution in [0.25, 0.3) is 0 Å². The third-order valence-electron chi connectivity index (χ3n) is 0.980. The highest BCUT2D eigenvalue weighted by atomic mass is 16.1. The Hall–Kier alpha value is -0.850. The summed E-state index contributed by atoms with van der Waals surface area (Å²) in [6.07, 6.45) is 4.13. The van der Waals surface area contributed by atoms with E-state index in [1.54, 1.807) is 6.08 Å². The Kier molecular flexibility index (Phi) is 0.823. The molecule has 0 saturated heterocycles. The molecular formula is C6H6O. The van der Waals surface area contributed by atoms with Crippen molar-refractivity contribution in [3.05, 3.63) is 24.3 Å². The van der Waals surface area contributed by atoms with Crippen LogP contribution in [-0.2, 0) is 4.79 Å². The third kappa shape index (κ3) is 0.610. The molecule has 0 aliphatic heterocycles. The number of hydrogen-bond acceptors (Lipinski definition) is 1. The van der Waals surface area contributed by atoms with Crippen molar-refractivity contribution in [1.82, 2.24) is 0 Å². The van der Waals surface area contributed by atoms with Crippen molar-refractivity contribution in [3.8, 4) is 0 Å². The fraction of sp³-hybridized carbons (Fsp3) is 0.167. The predicted octanol–water partition coefficient (Wildman–Crippen LogP) is 1.07. The molecule has 0 amide bonds. The molecule has 7 heavy (non-hydrogen) atoms. The monoisotopic (exact) mass is 94.0 g/mol. The lowest BCUT2D eigenvalue weighted by molar-refractivity contribution is -0.114. The first-order valence-corrected chi connectivity index (χ1v) is 2.19. The molecule has 1 nitrogen and oxygen atoms in total. The van der Waals surface area contributed by atoms with Crippen LogP contribution in [0.5, 0.6) is 0 Å². The third-order valence-corrected chi connectivity index (χ3v) is 0.980. The van der Waals surface area contributed by atoms with Gasteiger partial charge in [-0.25, -0.2) is 0 Å². The minimum absolute atomic E-state index is 0.153. The molecule has 0 aromatic carbocycles. The minimum atomic E-state index is 0.153. The second-order valence-electron chi connectivity index (χ2n) is 1.55. The maximum absolute atomic E-state index is 10.4. The summed E-state index contributed by atoms with van der Waals surface area (Å²) < 4.78 is 0. The quantitative estimate of drug-likeness (QED) is 0.410. The highest BCUT2D eigenvalue weighted by Gasteiger charge is 2.05. The van der Waals surface area contributed by atoms with E-state index in [0.29, 0.717) is 12.0 Å². The van der Waals surface area contributed by atoms with E-state index in [9.17, 15) is 4.79 Å². The number of ketones is 1. The van der Waals surface area contributed by atoms with Crippen LogP contribution >= 0.6 is 0 Å². The second-order valence-corrected chi connectivity index (χ2v) is 1.55. The lowest BCUT2D eigenvalue weighted by Crippen LogP contribution is -1.88. The molecular weight excluding hydrogens is 88.1 g/mol. The molecule has 0 bridgehead atoms. The fourth-order valence-electron chi connectivity index (χ4n) is 0.532. The zero-order chi connectivity index (χ0) is 5.28. The van der Waals surface area contributed by atoms with E-state index in [4.69, 9.17) is 0 Å². The molecule has 1 aliphatic rings. The SMILES string of the molecule is C=C1C=CCC1=O. The van der Waals surface area contributed by atoms with Crippen molar-refractivity contribution in [1.29, 1.82) is 0 Å². The number of allylic oxidation sites excluding steroid dienone is 3. The van der Waals surface area contributed by atoms with Gasteiger partial charge in [0, 0.05) is 12.0 Å². The van der Waals surface area contributed by atoms with Gasteiger partial charge in [0.05, 0.1) is 0 Å². The van der Waals surface area contributed by atoms with Crippen LogP contribution in [0.4, 0.5) is 0 Å². The van der Waals surface area contributed by atoms with Crippen LogP contribution in [0.3, 0.4) is 0 Å². The average molecular weight is 94.1 g/mol. The maximum atomic E-state index is 10.4. The standard InChI is InChI=1S/C6H6O/c1-5-3-2-4-6(5)7/h2-3H,1,4H2. The van der Waals surface area contributed by atoms with Gasteiger partial charge in [0.25, 0.3) is 0 Å². The number of rotatable bonds is 0. The Morgan fingerprint density at radius 2 is 2.43 bits per heavy atom. The van der Waals surface area contributed by atoms with Crippen LogP contribution in [0.1, 0.15) is 6.42 Å². The molecule has 0 N–H and O–H groups in total. The Morgan fingerprint density at radius 3 is 2.57 bits per heavy atom. The zero-order valence-corrected chi connectivity index (χ0v) is 3.98. The van der Waals surface area contributed by atoms with E-state index in [-0.39, 0.29) is 5.78 Å². The summed E-state index contributed by atoms with van der Waals surface area (Å²) in [5.41, 5.74) is 0.639. The Bertz CT molecular complexity index is 142.